The van der Waals surface area contributed by atoms with Crippen molar-refractivity contribution in [2.75, 3.05) is 19.8 Å². The lowest BCUT2D eigenvalue weighted by molar-refractivity contribution is -0.916. The largest absolute Gasteiger partial charge is 0.321 e. The molecule has 0 atom stereocenters. The Kier molecular flexibility index (Phi) is 7.42. The topological polar surface area (TPSA) is 54.4 Å². The summed E-state index contributed by atoms with van der Waals surface area (Å²) in [7, 11) is 0.894. The van der Waals surface area contributed by atoms with E-state index in [2.05, 4.69) is 74.8 Å². The van der Waals surface area contributed by atoms with Crippen LogP contribution < -0.4 is 0 Å². The predicted octanol–water partition coefficient (Wildman–Crippen LogP) is 3.36. The van der Waals surface area contributed by atoms with Crippen molar-refractivity contribution in [3.05, 3.63) is 71.8 Å². The molecule has 0 aliphatic carbocycles. The first-order chi connectivity index (χ1) is 10.7. The highest BCUT2D eigenvalue weighted by atomic mass is 32.2. The van der Waals surface area contributed by atoms with Crippen LogP contribution in [0, 0.1) is 0 Å². The van der Waals surface area contributed by atoms with Gasteiger partial charge in [0.15, 0.2) is 0 Å². The minimum Gasteiger partial charge on any atom is -0.321 e. The van der Waals surface area contributed by atoms with Crippen LogP contribution in [0.2, 0.25) is 0 Å². The van der Waals surface area contributed by atoms with E-state index >= 15 is 0 Å². The average Bonchev–Trinajstić information content (AvgIpc) is 2.48. The van der Waals surface area contributed by atoms with Gasteiger partial charge >= 0.3 is 0 Å². The van der Waals surface area contributed by atoms with Crippen molar-refractivity contribution >= 4 is 10.1 Å². The molecule has 0 spiro atoms. The molecule has 4 nitrogen and oxygen atoms in total. The van der Waals surface area contributed by atoms with Gasteiger partial charge in [0.2, 0.25) is 0 Å². The fourth-order valence-electron chi connectivity index (χ4n) is 2.21. The van der Waals surface area contributed by atoms with Crippen molar-refractivity contribution in [3.8, 4) is 0 Å². The standard InChI is InChI=1S/C16H20N.C2H6O3S/c1-17(2,13-15-9-5-3-6-10-15)14-16-11-7-4-8-12-16;1-2-6(3,4)5/h3-12H,13-14H2,1-2H3;2H2,1H3,(H,3,4,5)/q+1;. The summed E-state index contributed by atoms with van der Waals surface area (Å²) in [6.45, 7) is 3.50. The van der Waals surface area contributed by atoms with Crippen LogP contribution in [0.25, 0.3) is 0 Å². The minimum atomic E-state index is -3.66. The van der Waals surface area contributed by atoms with Gasteiger partial charge in [0.1, 0.15) is 13.1 Å². The van der Waals surface area contributed by atoms with Gasteiger partial charge in [-0.05, 0) is 6.92 Å². The molecule has 0 aliphatic heterocycles. The van der Waals surface area contributed by atoms with Crippen LogP contribution in [-0.2, 0) is 23.2 Å². The van der Waals surface area contributed by atoms with Crippen molar-refractivity contribution < 1.29 is 17.5 Å². The fourth-order valence-corrected chi connectivity index (χ4v) is 2.21. The number of rotatable bonds is 5. The van der Waals surface area contributed by atoms with E-state index in [4.69, 9.17) is 4.55 Å². The van der Waals surface area contributed by atoms with Crippen LogP contribution in [-0.4, -0.2) is 37.3 Å². The zero-order chi connectivity index (χ0) is 17.3. The molecule has 0 bridgehead atoms. The molecule has 5 heteroatoms. The summed E-state index contributed by atoms with van der Waals surface area (Å²) in [5.74, 6) is -0.201. The molecule has 0 radical (unpaired) electrons. The van der Waals surface area contributed by atoms with E-state index in [1.54, 1.807) is 0 Å². The second-order valence-electron chi connectivity index (χ2n) is 6.09. The molecule has 2 aromatic rings. The molecule has 2 aromatic carbocycles. The first-order valence-corrected chi connectivity index (χ1v) is 9.18. The molecule has 0 amide bonds. The van der Waals surface area contributed by atoms with Gasteiger partial charge in [0, 0.05) is 11.1 Å². The maximum atomic E-state index is 9.56. The lowest BCUT2D eigenvalue weighted by Crippen LogP contribution is -2.37. The number of quaternary nitrogens is 1. The third-order valence-corrected chi connectivity index (χ3v) is 4.00. The van der Waals surface area contributed by atoms with Gasteiger partial charge in [-0.3, -0.25) is 4.55 Å². The Labute approximate surface area is 139 Å². The van der Waals surface area contributed by atoms with E-state index in [9.17, 15) is 8.42 Å². The van der Waals surface area contributed by atoms with Crippen LogP contribution in [0.4, 0.5) is 0 Å². The Hall–Kier alpha value is -1.69. The van der Waals surface area contributed by atoms with Crippen molar-refractivity contribution in [3.63, 3.8) is 0 Å². The van der Waals surface area contributed by atoms with Crippen LogP contribution in [0.15, 0.2) is 60.7 Å². The first kappa shape index (κ1) is 19.4. The summed E-state index contributed by atoms with van der Waals surface area (Å²) >= 11 is 0. The molecule has 23 heavy (non-hydrogen) atoms. The summed E-state index contributed by atoms with van der Waals surface area (Å²) in [5, 5.41) is 0. The lowest BCUT2D eigenvalue weighted by Gasteiger charge is -2.30. The van der Waals surface area contributed by atoms with Gasteiger partial charge in [-0.15, -0.1) is 0 Å². The number of hydrogen-bond acceptors (Lipinski definition) is 2. The highest BCUT2D eigenvalue weighted by Gasteiger charge is 2.16. The molecule has 0 saturated carbocycles. The molecular weight excluding hydrogens is 310 g/mol. The molecule has 0 fully saturated rings. The van der Waals surface area contributed by atoms with E-state index in [1.807, 2.05) is 0 Å². The molecule has 2 rings (SSSR count). The lowest BCUT2D eigenvalue weighted by atomic mass is 10.1. The van der Waals surface area contributed by atoms with Crippen LogP contribution >= 0.6 is 0 Å². The van der Waals surface area contributed by atoms with Gasteiger partial charge in [-0.2, -0.15) is 8.42 Å². The summed E-state index contributed by atoms with van der Waals surface area (Å²) in [4.78, 5) is 0. The molecule has 126 valence electrons. The maximum absolute atomic E-state index is 9.56. The van der Waals surface area contributed by atoms with E-state index < -0.39 is 10.1 Å². The van der Waals surface area contributed by atoms with Gasteiger partial charge in [0.25, 0.3) is 10.1 Å². The Morgan fingerprint density at radius 3 is 1.39 bits per heavy atom. The van der Waals surface area contributed by atoms with Crippen molar-refractivity contribution in [1.82, 2.24) is 0 Å². The molecular formula is C18H26NO3S+. The van der Waals surface area contributed by atoms with E-state index in [0.29, 0.717) is 0 Å². The summed E-state index contributed by atoms with van der Waals surface area (Å²) in [5.41, 5.74) is 2.79. The first-order valence-electron chi connectivity index (χ1n) is 7.57. The zero-order valence-electron chi connectivity index (χ0n) is 14.0. The molecule has 0 aliphatic rings. The monoisotopic (exact) mass is 336 g/mol. The zero-order valence-corrected chi connectivity index (χ0v) is 14.8. The van der Waals surface area contributed by atoms with Crippen LogP contribution in [0.5, 0.6) is 0 Å². The third kappa shape index (κ3) is 9.13. The molecule has 0 aromatic heterocycles. The maximum Gasteiger partial charge on any atom is 0.264 e. The predicted molar refractivity (Wildman–Crippen MR) is 94.5 cm³/mol. The van der Waals surface area contributed by atoms with E-state index in [-0.39, 0.29) is 5.75 Å². The highest BCUT2D eigenvalue weighted by molar-refractivity contribution is 7.85. The van der Waals surface area contributed by atoms with Gasteiger partial charge < -0.3 is 4.48 Å². The average molecular weight is 336 g/mol. The normalized spacial score (nSPS) is 11.5. The number of hydrogen-bond donors (Lipinski definition) is 1. The van der Waals surface area contributed by atoms with Crippen LogP contribution in [0.1, 0.15) is 18.1 Å². The second kappa shape index (κ2) is 8.82. The Morgan fingerprint density at radius 1 is 0.826 bits per heavy atom. The molecule has 0 saturated heterocycles. The van der Waals surface area contributed by atoms with E-state index in [1.165, 1.54) is 18.1 Å². The van der Waals surface area contributed by atoms with Gasteiger partial charge in [0.05, 0.1) is 19.8 Å². The van der Waals surface area contributed by atoms with Crippen molar-refractivity contribution in [1.29, 1.82) is 0 Å². The number of nitrogens with zero attached hydrogens (tertiary/aromatic N) is 1. The Balaban J connectivity index is 0.000000379. The fraction of sp³-hybridized carbons (Fsp3) is 0.333. The molecule has 0 heterocycles. The van der Waals surface area contributed by atoms with Crippen molar-refractivity contribution in [2.45, 2.75) is 20.0 Å². The van der Waals surface area contributed by atoms with Gasteiger partial charge in [-0.1, -0.05) is 60.7 Å². The third-order valence-electron chi connectivity index (χ3n) is 3.27. The van der Waals surface area contributed by atoms with Gasteiger partial charge in [-0.25, -0.2) is 0 Å². The quantitative estimate of drug-likeness (QED) is 0.673. The SMILES string of the molecule is CCS(=O)(=O)O.C[N+](C)(Cc1ccccc1)Cc1ccccc1. The second-order valence-corrected chi connectivity index (χ2v) is 7.83. The minimum absolute atomic E-state index is 0.201. The highest BCUT2D eigenvalue weighted by Crippen LogP contribution is 2.14. The van der Waals surface area contributed by atoms with Crippen molar-refractivity contribution in [2.24, 2.45) is 0 Å². The Bertz CT molecular complexity index is 624. The van der Waals surface area contributed by atoms with E-state index in [0.717, 1.165) is 17.6 Å². The summed E-state index contributed by atoms with van der Waals surface area (Å²) < 4.78 is 27.9. The Morgan fingerprint density at radius 2 is 1.13 bits per heavy atom. The number of benzene rings is 2. The molecule has 1 N–H and O–H groups in total. The smallest absolute Gasteiger partial charge is 0.264 e. The summed E-state index contributed by atoms with van der Waals surface area (Å²) in [6.07, 6.45) is 0. The molecule has 0 unspecified atom stereocenters. The summed E-state index contributed by atoms with van der Waals surface area (Å²) in [6, 6.07) is 21.4. The van der Waals surface area contributed by atoms with Crippen LogP contribution in [0.3, 0.4) is 0 Å².